The van der Waals surface area contributed by atoms with Crippen molar-refractivity contribution in [2.45, 2.75) is 39.5 Å². The van der Waals surface area contributed by atoms with Crippen LogP contribution in [-0.4, -0.2) is 12.5 Å². The van der Waals surface area contributed by atoms with E-state index in [-0.39, 0.29) is 5.91 Å². The molecule has 1 aliphatic rings. The Hall–Kier alpha value is -1.55. The molecule has 0 heterocycles. The number of amides is 1. The quantitative estimate of drug-likeness (QED) is 0.584. The van der Waals surface area contributed by atoms with E-state index in [1.807, 2.05) is 25.1 Å². The van der Waals surface area contributed by atoms with Crippen LogP contribution in [0.5, 0.6) is 0 Å². The number of nitrogens with one attached hydrogen (secondary N) is 2. The van der Waals surface area contributed by atoms with Crippen molar-refractivity contribution in [2.24, 2.45) is 17.7 Å². The normalized spacial score (nSPS) is 22.4. The molecule has 2 rings (SSSR count). The maximum absolute atomic E-state index is 12.2. The van der Waals surface area contributed by atoms with Crippen molar-refractivity contribution in [1.82, 2.24) is 5.32 Å². The van der Waals surface area contributed by atoms with Crippen LogP contribution in [0, 0.1) is 18.8 Å². The predicted octanol–water partition coefficient (Wildman–Crippen LogP) is 2.84. The molecule has 0 aliphatic heterocycles. The van der Waals surface area contributed by atoms with Gasteiger partial charge in [-0.05, 0) is 55.4 Å². The van der Waals surface area contributed by atoms with Crippen LogP contribution < -0.4 is 16.6 Å². The van der Waals surface area contributed by atoms with Crippen molar-refractivity contribution in [2.75, 3.05) is 12.0 Å². The highest BCUT2D eigenvalue weighted by atomic mass is 16.1. The topological polar surface area (TPSA) is 67.1 Å². The van der Waals surface area contributed by atoms with E-state index in [0.29, 0.717) is 5.92 Å². The third-order valence-corrected chi connectivity index (χ3v) is 4.23. The van der Waals surface area contributed by atoms with Crippen LogP contribution in [0.4, 0.5) is 5.69 Å². The molecule has 4 heteroatoms. The lowest BCUT2D eigenvalue weighted by Gasteiger charge is -2.26. The largest absolute Gasteiger partial charge is 0.352 e. The number of hydrogen-bond donors (Lipinski definition) is 3. The van der Waals surface area contributed by atoms with E-state index >= 15 is 0 Å². The van der Waals surface area contributed by atoms with Crippen molar-refractivity contribution in [3.63, 3.8) is 0 Å². The minimum atomic E-state index is 0.0179. The Kier molecular flexibility index (Phi) is 5.01. The molecule has 1 aliphatic carbocycles. The monoisotopic (exact) mass is 275 g/mol. The first-order chi connectivity index (χ1) is 9.60. The maximum Gasteiger partial charge on any atom is 0.251 e. The second kappa shape index (κ2) is 6.75. The number of nitrogen functional groups attached to an aromatic ring is 1. The highest BCUT2D eigenvalue weighted by Crippen LogP contribution is 2.28. The molecule has 4 nitrogen and oxygen atoms in total. The van der Waals surface area contributed by atoms with Crippen LogP contribution in [0.3, 0.4) is 0 Å². The van der Waals surface area contributed by atoms with Gasteiger partial charge in [-0.3, -0.25) is 10.6 Å². The van der Waals surface area contributed by atoms with Crippen LogP contribution >= 0.6 is 0 Å². The Bertz CT molecular complexity index is 473. The van der Waals surface area contributed by atoms with E-state index in [1.54, 1.807) is 0 Å². The highest BCUT2D eigenvalue weighted by molar-refractivity contribution is 5.96. The molecule has 0 spiro atoms. The zero-order valence-electron chi connectivity index (χ0n) is 12.4. The Morgan fingerprint density at radius 3 is 2.85 bits per heavy atom. The van der Waals surface area contributed by atoms with Gasteiger partial charge in [-0.15, -0.1) is 0 Å². The molecular weight excluding hydrogens is 250 g/mol. The number of hydrazine groups is 1. The summed E-state index contributed by atoms with van der Waals surface area (Å²) in [4.78, 5) is 12.2. The van der Waals surface area contributed by atoms with Gasteiger partial charge >= 0.3 is 0 Å². The number of anilines is 1. The third-order valence-electron chi connectivity index (χ3n) is 4.23. The highest BCUT2D eigenvalue weighted by Gasteiger charge is 2.19. The maximum atomic E-state index is 12.2. The fraction of sp³-hybridized carbons (Fsp3) is 0.562. The van der Waals surface area contributed by atoms with Gasteiger partial charge in [-0.1, -0.05) is 19.8 Å². The smallest absolute Gasteiger partial charge is 0.251 e. The number of nitrogens with two attached hydrogens (primary N) is 1. The van der Waals surface area contributed by atoms with E-state index in [4.69, 9.17) is 5.84 Å². The number of aryl methyl sites for hydroxylation is 1. The lowest BCUT2D eigenvalue weighted by atomic mass is 9.82. The van der Waals surface area contributed by atoms with Gasteiger partial charge in [-0.25, -0.2) is 0 Å². The summed E-state index contributed by atoms with van der Waals surface area (Å²) in [6.07, 6.45) is 5.09. The summed E-state index contributed by atoms with van der Waals surface area (Å²) < 4.78 is 0. The first-order valence-electron chi connectivity index (χ1n) is 7.45. The molecule has 0 radical (unpaired) electrons. The minimum absolute atomic E-state index is 0.0179. The van der Waals surface area contributed by atoms with Gasteiger partial charge in [0.1, 0.15) is 0 Å². The second-order valence-electron chi connectivity index (χ2n) is 6.02. The van der Waals surface area contributed by atoms with E-state index < -0.39 is 0 Å². The molecule has 1 fully saturated rings. The van der Waals surface area contributed by atoms with E-state index in [2.05, 4.69) is 17.7 Å². The van der Waals surface area contributed by atoms with E-state index in [1.165, 1.54) is 25.7 Å². The van der Waals surface area contributed by atoms with Crippen LogP contribution in [0.25, 0.3) is 0 Å². The van der Waals surface area contributed by atoms with Gasteiger partial charge in [-0.2, -0.15) is 0 Å². The summed E-state index contributed by atoms with van der Waals surface area (Å²) in [6, 6.07) is 5.53. The molecule has 0 bridgehead atoms. The van der Waals surface area contributed by atoms with E-state index in [9.17, 15) is 4.79 Å². The zero-order valence-corrected chi connectivity index (χ0v) is 12.4. The predicted molar refractivity (Wildman–Crippen MR) is 82.4 cm³/mol. The summed E-state index contributed by atoms with van der Waals surface area (Å²) in [5.74, 6) is 6.81. The van der Waals surface area contributed by atoms with Gasteiger partial charge in [0, 0.05) is 17.8 Å². The fourth-order valence-corrected chi connectivity index (χ4v) is 3.09. The first kappa shape index (κ1) is 14.9. The van der Waals surface area contributed by atoms with Crippen molar-refractivity contribution in [3.05, 3.63) is 29.3 Å². The molecule has 2 unspecified atom stereocenters. The van der Waals surface area contributed by atoms with Crippen molar-refractivity contribution < 1.29 is 4.79 Å². The Morgan fingerprint density at radius 2 is 2.20 bits per heavy atom. The fourth-order valence-electron chi connectivity index (χ4n) is 3.09. The first-order valence-corrected chi connectivity index (χ1v) is 7.45. The SMILES string of the molecule is Cc1cc(NN)ccc1C(=O)NCC1CCCC(C)C1. The zero-order chi connectivity index (χ0) is 14.5. The van der Waals surface area contributed by atoms with Gasteiger partial charge in [0.25, 0.3) is 5.91 Å². The minimum Gasteiger partial charge on any atom is -0.352 e. The molecular formula is C16H25N3O. The number of rotatable bonds is 4. The van der Waals surface area contributed by atoms with Crippen LogP contribution in [0.1, 0.15) is 48.5 Å². The van der Waals surface area contributed by atoms with Gasteiger partial charge in [0.05, 0.1) is 0 Å². The van der Waals surface area contributed by atoms with Crippen LogP contribution in [0.15, 0.2) is 18.2 Å². The van der Waals surface area contributed by atoms with Crippen molar-refractivity contribution in [1.29, 1.82) is 0 Å². The van der Waals surface area contributed by atoms with Gasteiger partial charge in [0.15, 0.2) is 0 Å². The molecule has 2 atom stereocenters. The van der Waals surface area contributed by atoms with Crippen molar-refractivity contribution in [3.8, 4) is 0 Å². The molecule has 1 aromatic carbocycles. The summed E-state index contributed by atoms with van der Waals surface area (Å²) in [7, 11) is 0. The molecule has 0 aromatic heterocycles. The van der Waals surface area contributed by atoms with Crippen molar-refractivity contribution >= 4 is 11.6 Å². The number of carbonyl (C=O) groups excluding carboxylic acids is 1. The molecule has 1 aromatic rings. The average molecular weight is 275 g/mol. The number of hydrogen-bond acceptors (Lipinski definition) is 3. The lowest BCUT2D eigenvalue weighted by Crippen LogP contribution is -2.31. The van der Waals surface area contributed by atoms with E-state index in [0.717, 1.165) is 29.3 Å². The second-order valence-corrected chi connectivity index (χ2v) is 6.02. The van der Waals surface area contributed by atoms with Crippen LogP contribution in [-0.2, 0) is 0 Å². The molecule has 110 valence electrons. The number of benzene rings is 1. The molecule has 0 saturated heterocycles. The summed E-state index contributed by atoms with van der Waals surface area (Å²) in [5, 5.41) is 3.08. The standard InChI is InChI=1S/C16H25N3O/c1-11-4-3-5-13(8-11)10-18-16(20)15-7-6-14(19-17)9-12(15)2/h6-7,9,11,13,19H,3-5,8,10,17H2,1-2H3,(H,18,20). The molecule has 1 saturated carbocycles. The van der Waals surface area contributed by atoms with Gasteiger partial charge in [0.2, 0.25) is 0 Å². The van der Waals surface area contributed by atoms with Crippen LogP contribution in [0.2, 0.25) is 0 Å². The Balaban J connectivity index is 1.91. The summed E-state index contributed by atoms with van der Waals surface area (Å²) in [5.41, 5.74) is 5.08. The molecule has 20 heavy (non-hydrogen) atoms. The summed E-state index contributed by atoms with van der Waals surface area (Å²) in [6.45, 7) is 5.02. The molecule has 4 N–H and O–H groups in total. The number of carbonyl (C=O) groups is 1. The molecule has 1 amide bonds. The Morgan fingerprint density at radius 1 is 1.40 bits per heavy atom. The summed E-state index contributed by atoms with van der Waals surface area (Å²) >= 11 is 0. The lowest BCUT2D eigenvalue weighted by molar-refractivity contribution is 0.0940. The third kappa shape index (κ3) is 3.73. The average Bonchev–Trinajstić information content (AvgIpc) is 2.44. The van der Waals surface area contributed by atoms with Gasteiger partial charge < -0.3 is 10.7 Å². The Labute approximate surface area is 121 Å².